The summed E-state index contributed by atoms with van der Waals surface area (Å²) in [5, 5.41) is 2.96. The summed E-state index contributed by atoms with van der Waals surface area (Å²) in [6, 6.07) is 7.40. The van der Waals surface area contributed by atoms with Crippen molar-refractivity contribution in [3.8, 4) is 0 Å². The predicted octanol–water partition coefficient (Wildman–Crippen LogP) is 1.14. The van der Waals surface area contributed by atoms with Gasteiger partial charge in [0.15, 0.2) is 9.84 Å². The third kappa shape index (κ3) is 4.76. The van der Waals surface area contributed by atoms with Crippen molar-refractivity contribution < 1.29 is 13.2 Å². The van der Waals surface area contributed by atoms with Gasteiger partial charge in [-0.25, -0.2) is 8.42 Å². The molecule has 4 nitrogen and oxygen atoms in total. The van der Waals surface area contributed by atoms with Crippen LogP contribution in [0.4, 0.5) is 0 Å². The highest BCUT2D eigenvalue weighted by Gasteiger charge is 2.19. The second-order valence-corrected chi connectivity index (χ2v) is 6.53. The second kappa shape index (κ2) is 6.87. The van der Waals surface area contributed by atoms with E-state index in [9.17, 15) is 8.42 Å². The molecule has 0 spiro atoms. The van der Waals surface area contributed by atoms with Gasteiger partial charge in [0.05, 0.1) is 18.1 Å². The Labute approximate surface area is 109 Å². The van der Waals surface area contributed by atoms with Crippen molar-refractivity contribution in [1.82, 2.24) is 5.32 Å². The Morgan fingerprint density at radius 2 is 2.00 bits per heavy atom. The van der Waals surface area contributed by atoms with Crippen LogP contribution < -0.4 is 5.32 Å². The van der Waals surface area contributed by atoms with Crippen LogP contribution in [0.3, 0.4) is 0 Å². The van der Waals surface area contributed by atoms with Gasteiger partial charge in [-0.1, -0.05) is 24.3 Å². The van der Waals surface area contributed by atoms with Crippen LogP contribution in [-0.4, -0.2) is 41.0 Å². The minimum Gasteiger partial charge on any atom is -0.383 e. The number of methoxy groups -OCH3 is 1. The first-order valence-corrected chi connectivity index (χ1v) is 7.72. The zero-order chi connectivity index (χ0) is 13.6. The van der Waals surface area contributed by atoms with Crippen LogP contribution in [-0.2, 0) is 20.3 Å². The van der Waals surface area contributed by atoms with Crippen LogP contribution in [0.25, 0.3) is 0 Å². The van der Waals surface area contributed by atoms with E-state index in [-0.39, 0.29) is 17.5 Å². The van der Waals surface area contributed by atoms with Crippen molar-refractivity contribution in [3.05, 3.63) is 35.4 Å². The summed E-state index contributed by atoms with van der Waals surface area (Å²) in [5.41, 5.74) is 1.87. The summed E-state index contributed by atoms with van der Waals surface area (Å²) < 4.78 is 29.2. The third-order valence-corrected chi connectivity index (χ3v) is 4.53. The van der Waals surface area contributed by atoms with Gasteiger partial charge in [0.1, 0.15) is 0 Å². The lowest BCUT2D eigenvalue weighted by molar-refractivity contribution is 0.176. The van der Waals surface area contributed by atoms with Crippen molar-refractivity contribution in [1.29, 1.82) is 0 Å². The van der Waals surface area contributed by atoms with E-state index < -0.39 is 9.84 Å². The molecular formula is C13H21NO3S. The molecule has 1 atom stereocenters. The van der Waals surface area contributed by atoms with E-state index >= 15 is 0 Å². The highest BCUT2D eigenvalue weighted by molar-refractivity contribution is 7.90. The van der Waals surface area contributed by atoms with Gasteiger partial charge in [0.2, 0.25) is 0 Å². The van der Waals surface area contributed by atoms with E-state index in [4.69, 9.17) is 4.74 Å². The van der Waals surface area contributed by atoms with Gasteiger partial charge in [-0.05, 0) is 25.1 Å². The van der Waals surface area contributed by atoms with E-state index in [1.165, 1.54) is 0 Å². The smallest absolute Gasteiger partial charge is 0.156 e. The molecule has 0 heterocycles. The Morgan fingerprint density at radius 3 is 2.56 bits per heavy atom. The Balaban J connectivity index is 2.73. The van der Waals surface area contributed by atoms with E-state index in [1.54, 1.807) is 14.2 Å². The monoisotopic (exact) mass is 271 g/mol. The van der Waals surface area contributed by atoms with Crippen LogP contribution in [0.2, 0.25) is 0 Å². The molecule has 102 valence electrons. The fourth-order valence-electron chi connectivity index (χ4n) is 1.79. The molecule has 0 saturated heterocycles. The molecular weight excluding hydrogens is 250 g/mol. The van der Waals surface area contributed by atoms with Gasteiger partial charge in [-0.2, -0.15) is 0 Å². The summed E-state index contributed by atoms with van der Waals surface area (Å²) >= 11 is 0. The molecule has 0 fully saturated rings. The van der Waals surface area contributed by atoms with Crippen molar-refractivity contribution in [2.75, 3.05) is 26.5 Å². The standard InChI is InChI=1S/C13H21NO3S/c1-11-6-4-5-7-12(11)9-18(15,16)10-13(14-2)8-17-3/h4-7,13-14H,8-10H2,1-3H3. The van der Waals surface area contributed by atoms with Gasteiger partial charge in [-0.15, -0.1) is 0 Å². The van der Waals surface area contributed by atoms with Gasteiger partial charge < -0.3 is 10.1 Å². The molecule has 1 rings (SSSR count). The first-order chi connectivity index (χ1) is 8.48. The fraction of sp³-hybridized carbons (Fsp3) is 0.538. The van der Waals surface area contributed by atoms with E-state index in [0.29, 0.717) is 6.61 Å². The Bertz CT molecular complexity index is 471. The lowest BCUT2D eigenvalue weighted by Gasteiger charge is -2.15. The number of aryl methyl sites for hydroxylation is 1. The van der Waals surface area contributed by atoms with Crippen LogP contribution in [0.1, 0.15) is 11.1 Å². The van der Waals surface area contributed by atoms with Crippen molar-refractivity contribution >= 4 is 9.84 Å². The van der Waals surface area contributed by atoms with Crippen LogP contribution in [0.5, 0.6) is 0 Å². The molecule has 0 saturated carbocycles. The average Bonchev–Trinajstić information content (AvgIpc) is 2.31. The second-order valence-electron chi connectivity index (χ2n) is 4.42. The van der Waals surface area contributed by atoms with Crippen molar-refractivity contribution in [2.45, 2.75) is 18.7 Å². The number of likely N-dealkylation sites (N-methyl/N-ethyl adjacent to an activating group) is 1. The van der Waals surface area contributed by atoms with Crippen LogP contribution in [0.15, 0.2) is 24.3 Å². The molecule has 0 aromatic heterocycles. The normalized spacial score (nSPS) is 13.5. The summed E-state index contributed by atoms with van der Waals surface area (Å²) in [4.78, 5) is 0. The third-order valence-electron chi connectivity index (χ3n) is 2.87. The van der Waals surface area contributed by atoms with Crippen LogP contribution >= 0.6 is 0 Å². The average molecular weight is 271 g/mol. The van der Waals surface area contributed by atoms with Gasteiger partial charge in [0.25, 0.3) is 0 Å². The Kier molecular flexibility index (Phi) is 5.78. The zero-order valence-corrected chi connectivity index (χ0v) is 12.0. The van der Waals surface area contributed by atoms with Gasteiger partial charge in [0, 0.05) is 13.2 Å². The summed E-state index contributed by atoms with van der Waals surface area (Å²) in [5.74, 6) is 0.174. The minimum atomic E-state index is -3.13. The fourth-order valence-corrected chi connectivity index (χ4v) is 3.58. The lowest BCUT2D eigenvalue weighted by atomic mass is 10.1. The molecule has 1 aromatic rings. The Morgan fingerprint density at radius 1 is 1.33 bits per heavy atom. The molecule has 0 radical (unpaired) electrons. The maximum atomic E-state index is 12.1. The van der Waals surface area contributed by atoms with E-state index in [1.807, 2.05) is 31.2 Å². The molecule has 0 aliphatic rings. The molecule has 0 amide bonds. The largest absolute Gasteiger partial charge is 0.383 e. The summed E-state index contributed by atoms with van der Waals surface area (Å²) in [6.07, 6.45) is 0. The molecule has 5 heteroatoms. The maximum Gasteiger partial charge on any atom is 0.156 e. The quantitative estimate of drug-likeness (QED) is 0.808. The molecule has 1 aromatic carbocycles. The predicted molar refractivity (Wildman–Crippen MR) is 73.4 cm³/mol. The van der Waals surface area contributed by atoms with Crippen molar-refractivity contribution in [3.63, 3.8) is 0 Å². The SMILES string of the molecule is CNC(COC)CS(=O)(=O)Cc1ccccc1C. The van der Waals surface area contributed by atoms with E-state index in [0.717, 1.165) is 11.1 Å². The Hall–Kier alpha value is -0.910. The number of nitrogens with one attached hydrogen (secondary N) is 1. The number of hydrogen-bond donors (Lipinski definition) is 1. The highest BCUT2D eigenvalue weighted by atomic mass is 32.2. The van der Waals surface area contributed by atoms with Crippen LogP contribution in [0, 0.1) is 6.92 Å². The zero-order valence-electron chi connectivity index (χ0n) is 11.1. The molecule has 1 N–H and O–H groups in total. The lowest BCUT2D eigenvalue weighted by Crippen LogP contribution is -2.37. The molecule has 18 heavy (non-hydrogen) atoms. The van der Waals surface area contributed by atoms with E-state index in [2.05, 4.69) is 5.32 Å². The number of ether oxygens (including phenoxy) is 1. The minimum absolute atomic E-state index is 0.0849. The number of sulfone groups is 1. The van der Waals surface area contributed by atoms with Gasteiger partial charge >= 0.3 is 0 Å². The number of rotatable bonds is 7. The first-order valence-electron chi connectivity index (χ1n) is 5.89. The summed E-state index contributed by atoms with van der Waals surface area (Å²) in [7, 11) is 0.178. The topological polar surface area (TPSA) is 55.4 Å². The molecule has 0 bridgehead atoms. The molecule has 1 unspecified atom stereocenters. The highest BCUT2D eigenvalue weighted by Crippen LogP contribution is 2.12. The number of benzene rings is 1. The molecule has 0 aliphatic heterocycles. The maximum absolute atomic E-state index is 12.1. The summed E-state index contributed by atoms with van der Waals surface area (Å²) in [6.45, 7) is 2.32. The number of hydrogen-bond acceptors (Lipinski definition) is 4. The van der Waals surface area contributed by atoms with Crippen molar-refractivity contribution in [2.24, 2.45) is 0 Å². The molecule has 0 aliphatic carbocycles. The van der Waals surface area contributed by atoms with Gasteiger partial charge in [-0.3, -0.25) is 0 Å². The first kappa shape index (κ1) is 15.1.